The lowest BCUT2D eigenvalue weighted by Crippen LogP contribution is -1.98. The second-order valence-corrected chi connectivity index (χ2v) is 8.04. The van der Waals surface area contributed by atoms with Gasteiger partial charge in [-0.25, -0.2) is 17.8 Å². The highest BCUT2D eigenvalue weighted by Crippen LogP contribution is 2.29. The second kappa shape index (κ2) is 6.07. The zero-order valence-corrected chi connectivity index (χ0v) is 14.7. The second-order valence-electron chi connectivity index (χ2n) is 6.11. The van der Waals surface area contributed by atoms with Crippen LogP contribution in [0.1, 0.15) is 0 Å². The van der Waals surface area contributed by atoms with Crippen molar-refractivity contribution < 1.29 is 12.8 Å². The van der Waals surface area contributed by atoms with Crippen molar-refractivity contribution in [3.8, 4) is 22.3 Å². The lowest BCUT2D eigenvalue weighted by atomic mass is 10.00. The van der Waals surface area contributed by atoms with E-state index in [4.69, 9.17) is 0 Å². The molecule has 130 valence electrons. The van der Waals surface area contributed by atoms with E-state index in [9.17, 15) is 12.8 Å². The normalized spacial score (nSPS) is 11.8. The van der Waals surface area contributed by atoms with E-state index in [-0.39, 0.29) is 5.16 Å². The molecule has 3 aromatic carbocycles. The summed E-state index contributed by atoms with van der Waals surface area (Å²) in [7, 11) is -3.48. The minimum atomic E-state index is -3.48. The Balaban J connectivity index is 1.77. The number of hydrogen-bond donors (Lipinski definition) is 1. The molecule has 0 radical (unpaired) electrons. The molecule has 0 fully saturated rings. The summed E-state index contributed by atoms with van der Waals surface area (Å²) in [5.41, 5.74) is 3.97. The topological polar surface area (TPSA) is 62.8 Å². The number of hydrogen-bond acceptors (Lipinski definition) is 3. The Hall–Kier alpha value is -2.99. The van der Waals surface area contributed by atoms with E-state index in [0.717, 1.165) is 17.4 Å². The van der Waals surface area contributed by atoms with Crippen LogP contribution in [0.15, 0.2) is 71.9 Å². The Bertz CT molecular complexity index is 1200. The molecular formula is C20H15FN2O2S. The molecule has 0 aliphatic carbocycles. The highest BCUT2D eigenvalue weighted by molar-refractivity contribution is 7.90. The van der Waals surface area contributed by atoms with Crippen molar-refractivity contribution >= 4 is 20.9 Å². The maximum absolute atomic E-state index is 14.5. The summed E-state index contributed by atoms with van der Waals surface area (Å²) in [4.78, 5) is 6.71. The number of sulfone groups is 1. The van der Waals surface area contributed by atoms with Crippen LogP contribution in [0.5, 0.6) is 0 Å². The van der Waals surface area contributed by atoms with Crippen molar-refractivity contribution in [1.29, 1.82) is 0 Å². The van der Waals surface area contributed by atoms with Crippen LogP contribution in [-0.2, 0) is 9.84 Å². The third-order valence-electron chi connectivity index (χ3n) is 4.20. The fraction of sp³-hybridized carbons (Fsp3) is 0.0500. The molecule has 4 rings (SSSR count). The van der Waals surface area contributed by atoms with Gasteiger partial charge in [0, 0.05) is 17.9 Å². The van der Waals surface area contributed by atoms with Crippen LogP contribution < -0.4 is 0 Å². The number of rotatable bonds is 3. The summed E-state index contributed by atoms with van der Waals surface area (Å²) < 4.78 is 37.8. The third-order valence-corrected chi connectivity index (χ3v) is 5.10. The first-order chi connectivity index (χ1) is 12.4. The molecule has 0 bridgehead atoms. The van der Waals surface area contributed by atoms with Crippen LogP contribution in [0.4, 0.5) is 4.39 Å². The maximum Gasteiger partial charge on any atom is 0.225 e. The van der Waals surface area contributed by atoms with E-state index in [0.29, 0.717) is 22.2 Å². The molecule has 4 aromatic rings. The monoisotopic (exact) mass is 366 g/mol. The van der Waals surface area contributed by atoms with Gasteiger partial charge in [0.25, 0.3) is 0 Å². The molecule has 1 N–H and O–H groups in total. The molecule has 0 spiro atoms. The highest BCUT2D eigenvalue weighted by atomic mass is 32.2. The third kappa shape index (κ3) is 2.99. The van der Waals surface area contributed by atoms with Gasteiger partial charge in [0.15, 0.2) is 0 Å². The average molecular weight is 366 g/mol. The molecule has 1 heterocycles. The standard InChI is InChI=1S/C20H15FN2O2S/c1-26(24,25)20-22-18-11-16(17(21)12-19(18)23-20)15-9-7-14(8-10-15)13-5-3-2-4-6-13/h2-12H,1H3,(H,22,23). The first-order valence-electron chi connectivity index (χ1n) is 7.97. The van der Waals surface area contributed by atoms with Crippen LogP contribution in [0.2, 0.25) is 0 Å². The van der Waals surface area contributed by atoms with E-state index >= 15 is 0 Å². The fourth-order valence-corrected chi connectivity index (χ4v) is 3.44. The molecule has 4 nitrogen and oxygen atoms in total. The number of fused-ring (bicyclic) bond motifs is 1. The molecule has 0 aliphatic rings. The van der Waals surface area contributed by atoms with Gasteiger partial charge in [0.2, 0.25) is 15.0 Å². The minimum Gasteiger partial charge on any atom is -0.329 e. The molecular weight excluding hydrogens is 351 g/mol. The van der Waals surface area contributed by atoms with Gasteiger partial charge in [-0.05, 0) is 22.8 Å². The predicted molar refractivity (Wildman–Crippen MR) is 100 cm³/mol. The van der Waals surface area contributed by atoms with Crippen LogP contribution in [-0.4, -0.2) is 24.6 Å². The number of aromatic amines is 1. The van der Waals surface area contributed by atoms with Crippen LogP contribution >= 0.6 is 0 Å². The fourth-order valence-electron chi connectivity index (χ4n) is 2.88. The molecule has 1 aromatic heterocycles. The number of imidazole rings is 1. The van der Waals surface area contributed by atoms with Crippen molar-refractivity contribution in [3.05, 3.63) is 72.5 Å². The first kappa shape index (κ1) is 16.5. The van der Waals surface area contributed by atoms with Gasteiger partial charge in [0.05, 0.1) is 11.0 Å². The van der Waals surface area contributed by atoms with E-state index in [1.54, 1.807) is 6.07 Å². The SMILES string of the molecule is CS(=O)(=O)c1nc2cc(-c3ccc(-c4ccccc4)cc3)c(F)cc2[nH]1. The van der Waals surface area contributed by atoms with Gasteiger partial charge in [-0.3, -0.25) is 0 Å². The number of nitrogens with one attached hydrogen (secondary N) is 1. The predicted octanol–water partition coefficient (Wildman–Crippen LogP) is 4.44. The number of aromatic nitrogens is 2. The van der Waals surface area contributed by atoms with Crippen molar-refractivity contribution in [2.24, 2.45) is 0 Å². The van der Waals surface area contributed by atoms with Crippen molar-refractivity contribution in [2.45, 2.75) is 5.16 Å². The van der Waals surface area contributed by atoms with Gasteiger partial charge in [-0.15, -0.1) is 0 Å². The van der Waals surface area contributed by atoms with Gasteiger partial charge in [0.1, 0.15) is 5.82 Å². The number of halogens is 1. The Kier molecular flexibility index (Phi) is 3.85. The Labute approximate surface area is 150 Å². The van der Waals surface area contributed by atoms with Crippen molar-refractivity contribution in [2.75, 3.05) is 6.26 Å². The summed E-state index contributed by atoms with van der Waals surface area (Å²) in [5, 5.41) is -0.163. The summed E-state index contributed by atoms with van der Waals surface area (Å²) in [6.45, 7) is 0. The Morgan fingerprint density at radius 2 is 1.50 bits per heavy atom. The van der Waals surface area contributed by atoms with E-state index in [1.165, 1.54) is 6.07 Å². The summed E-state index contributed by atoms with van der Waals surface area (Å²) in [6.07, 6.45) is 1.06. The van der Waals surface area contributed by atoms with Gasteiger partial charge in [-0.2, -0.15) is 0 Å². The molecule has 6 heteroatoms. The first-order valence-corrected chi connectivity index (χ1v) is 9.86. The van der Waals surface area contributed by atoms with E-state index in [2.05, 4.69) is 9.97 Å². The lowest BCUT2D eigenvalue weighted by Gasteiger charge is -2.06. The number of nitrogens with zero attached hydrogens (tertiary/aromatic N) is 1. The highest BCUT2D eigenvalue weighted by Gasteiger charge is 2.15. The van der Waals surface area contributed by atoms with Gasteiger partial charge in [-0.1, -0.05) is 54.6 Å². The van der Waals surface area contributed by atoms with E-state index in [1.807, 2.05) is 54.6 Å². The summed E-state index contributed by atoms with van der Waals surface area (Å²) in [6, 6.07) is 20.3. The summed E-state index contributed by atoms with van der Waals surface area (Å²) in [5.74, 6) is -0.436. The molecule has 0 unspecified atom stereocenters. The van der Waals surface area contributed by atoms with Crippen LogP contribution in [0.25, 0.3) is 33.3 Å². The Morgan fingerprint density at radius 3 is 2.15 bits per heavy atom. The molecule has 0 amide bonds. The smallest absolute Gasteiger partial charge is 0.225 e. The van der Waals surface area contributed by atoms with Crippen molar-refractivity contribution in [3.63, 3.8) is 0 Å². The van der Waals surface area contributed by atoms with Crippen molar-refractivity contribution in [1.82, 2.24) is 9.97 Å². The summed E-state index contributed by atoms with van der Waals surface area (Å²) >= 11 is 0. The zero-order valence-electron chi connectivity index (χ0n) is 13.9. The lowest BCUT2D eigenvalue weighted by molar-refractivity contribution is 0.595. The zero-order chi connectivity index (χ0) is 18.3. The van der Waals surface area contributed by atoms with Crippen LogP contribution in [0.3, 0.4) is 0 Å². The molecule has 0 aliphatic heterocycles. The van der Waals surface area contributed by atoms with Gasteiger partial charge >= 0.3 is 0 Å². The average Bonchev–Trinajstić information content (AvgIpc) is 3.05. The number of H-pyrrole nitrogens is 1. The Morgan fingerprint density at radius 1 is 0.885 bits per heavy atom. The largest absolute Gasteiger partial charge is 0.329 e. The quantitative estimate of drug-likeness (QED) is 0.583. The molecule has 0 saturated carbocycles. The minimum absolute atomic E-state index is 0.163. The molecule has 0 saturated heterocycles. The van der Waals surface area contributed by atoms with Gasteiger partial charge < -0.3 is 4.98 Å². The van der Waals surface area contributed by atoms with Crippen LogP contribution in [0, 0.1) is 5.82 Å². The van der Waals surface area contributed by atoms with E-state index < -0.39 is 15.7 Å². The maximum atomic E-state index is 14.5. The molecule has 26 heavy (non-hydrogen) atoms. The molecule has 0 atom stereocenters. The number of benzene rings is 3.